The average molecular weight is 286 g/mol. The molecule has 0 spiro atoms. The van der Waals surface area contributed by atoms with Crippen LogP contribution in [0.4, 0.5) is 0 Å². The number of aromatic nitrogens is 1. The smallest absolute Gasteiger partial charge is 0.352 e. The van der Waals surface area contributed by atoms with Gasteiger partial charge in [0.25, 0.3) is 0 Å². The van der Waals surface area contributed by atoms with E-state index >= 15 is 0 Å². The highest BCUT2D eigenvalue weighted by Crippen LogP contribution is 2.32. The molecular formula is C12H18N2O4S. The Bertz CT molecular complexity index is 587. The lowest BCUT2D eigenvalue weighted by molar-refractivity contribution is 0.0686. The van der Waals surface area contributed by atoms with Crippen LogP contribution in [0.25, 0.3) is 0 Å². The van der Waals surface area contributed by atoms with Gasteiger partial charge in [-0.2, -0.15) is 4.31 Å². The average Bonchev–Trinajstić information content (AvgIpc) is 3.07. The predicted octanol–water partition coefficient (Wildman–Crippen LogP) is 1.29. The van der Waals surface area contributed by atoms with Crippen LogP contribution in [-0.2, 0) is 17.1 Å². The van der Waals surface area contributed by atoms with Gasteiger partial charge < -0.3 is 9.67 Å². The van der Waals surface area contributed by atoms with Crippen LogP contribution in [0.2, 0.25) is 0 Å². The van der Waals surface area contributed by atoms with E-state index in [0.717, 1.165) is 19.3 Å². The van der Waals surface area contributed by atoms with Gasteiger partial charge in [-0.25, -0.2) is 13.2 Å². The molecule has 1 aromatic rings. The molecule has 1 N–H and O–H groups in total. The van der Waals surface area contributed by atoms with Crippen molar-refractivity contribution in [3.8, 4) is 0 Å². The lowest BCUT2D eigenvalue weighted by atomic mass is 10.4. The third kappa shape index (κ3) is 2.66. The maximum absolute atomic E-state index is 12.5. The summed E-state index contributed by atoms with van der Waals surface area (Å²) < 4.78 is 27.8. The topological polar surface area (TPSA) is 79.6 Å². The summed E-state index contributed by atoms with van der Waals surface area (Å²) in [6.07, 6.45) is 3.88. The molecule has 1 aliphatic carbocycles. The Morgan fingerprint density at radius 1 is 1.53 bits per heavy atom. The monoisotopic (exact) mass is 286 g/mol. The van der Waals surface area contributed by atoms with Crippen molar-refractivity contribution in [2.75, 3.05) is 6.54 Å². The molecule has 0 radical (unpaired) electrons. The SMILES string of the molecule is CCCN(C1CC1)S(=O)(=O)c1cc(C(=O)O)n(C)c1. The molecule has 0 atom stereocenters. The van der Waals surface area contributed by atoms with Crippen LogP contribution in [-0.4, -0.2) is 41.0 Å². The molecule has 7 heteroatoms. The van der Waals surface area contributed by atoms with E-state index in [9.17, 15) is 13.2 Å². The van der Waals surface area contributed by atoms with Crippen molar-refractivity contribution in [2.24, 2.45) is 7.05 Å². The lowest BCUT2D eigenvalue weighted by Gasteiger charge is -2.20. The highest BCUT2D eigenvalue weighted by Gasteiger charge is 2.38. The van der Waals surface area contributed by atoms with Crippen molar-refractivity contribution in [3.05, 3.63) is 18.0 Å². The maximum atomic E-state index is 12.5. The first-order valence-electron chi connectivity index (χ1n) is 6.29. The van der Waals surface area contributed by atoms with E-state index in [2.05, 4.69) is 0 Å². The van der Waals surface area contributed by atoms with Crippen LogP contribution in [0.5, 0.6) is 0 Å². The molecule has 1 aliphatic rings. The fourth-order valence-corrected chi connectivity index (χ4v) is 3.95. The molecule has 0 saturated heterocycles. The molecule has 1 aromatic heterocycles. The summed E-state index contributed by atoms with van der Waals surface area (Å²) in [7, 11) is -2.05. The molecule has 0 aliphatic heterocycles. The largest absolute Gasteiger partial charge is 0.477 e. The zero-order valence-corrected chi connectivity index (χ0v) is 11.9. The van der Waals surface area contributed by atoms with Gasteiger partial charge in [-0.3, -0.25) is 0 Å². The molecule has 1 saturated carbocycles. The van der Waals surface area contributed by atoms with Gasteiger partial charge in [0, 0.05) is 25.8 Å². The number of hydrogen-bond acceptors (Lipinski definition) is 3. The Kier molecular flexibility index (Phi) is 3.69. The standard InChI is InChI=1S/C12H18N2O4S/c1-3-6-14(9-4-5-9)19(17,18)10-7-11(12(15)16)13(2)8-10/h7-9H,3-6H2,1-2H3,(H,15,16). The first-order chi connectivity index (χ1) is 8.87. The maximum Gasteiger partial charge on any atom is 0.352 e. The Hall–Kier alpha value is -1.34. The Balaban J connectivity index is 2.37. The normalized spacial score (nSPS) is 15.9. The van der Waals surface area contributed by atoms with Gasteiger partial charge in [-0.05, 0) is 25.3 Å². The minimum atomic E-state index is -3.59. The van der Waals surface area contributed by atoms with Crippen LogP contribution < -0.4 is 0 Å². The molecule has 1 heterocycles. The van der Waals surface area contributed by atoms with Gasteiger partial charge in [-0.15, -0.1) is 0 Å². The van der Waals surface area contributed by atoms with Gasteiger partial charge in [-0.1, -0.05) is 6.92 Å². The fourth-order valence-electron chi connectivity index (χ4n) is 2.11. The predicted molar refractivity (Wildman–Crippen MR) is 69.6 cm³/mol. The van der Waals surface area contributed by atoms with Crippen LogP contribution in [0.3, 0.4) is 0 Å². The van der Waals surface area contributed by atoms with E-state index in [1.165, 1.54) is 28.2 Å². The second-order valence-electron chi connectivity index (χ2n) is 4.82. The fraction of sp³-hybridized carbons (Fsp3) is 0.583. The van der Waals surface area contributed by atoms with Crippen molar-refractivity contribution in [1.82, 2.24) is 8.87 Å². The van der Waals surface area contributed by atoms with Crippen molar-refractivity contribution < 1.29 is 18.3 Å². The highest BCUT2D eigenvalue weighted by molar-refractivity contribution is 7.89. The first kappa shape index (κ1) is 14.1. The number of carbonyl (C=O) groups is 1. The number of aromatic carboxylic acids is 1. The van der Waals surface area contributed by atoms with E-state index in [0.29, 0.717) is 6.54 Å². The summed E-state index contributed by atoms with van der Waals surface area (Å²) in [4.78, 5) is 11.0. The van der Waals surface area contributed by atoms with E-state index in [-0.39, 0.29) is 16.6 Å². The third-order valence-electron chi connectivity index (χ3n) is 3.20. The number of rotatable bonds is 6. The molecule has 0 amide bonds. The molecule has 0 bridgehead atoms. The number of hydrogen-bond donors (Lipinski definition) is 1. The number of sulfonamides is 1. The molecule has 0 unspecified atom stereocenters. The molecule has 6 nitrogen and oxygen atoms in total. The van der Waals surface area contributed by atoms with Crippen LogP contribution in [0.15, 0.2) is 17.2 Å². The molecule has 19 heavy (non-hydrogen) atoms. The highest BCUT2D eigenvalue weighted by atomic mass is 32.2. The van der Waals surface area contributed by atoms with Crippen molar-refractivity contribution in [3.63, 3.8) is 0 Å². The Morgan fingerprint density at radius 3 is 2.58 bits per heavy atom. The van der Waals surface area contributed by atoms with Gasteiger partial charge in [0.1, 0.15) is 10.6 Å². The van der Waals surface area contributed by atoms with E-state index < -0.39 is 16.0 Å². The molecule has 1 fully saturated rings. The Labute approximate surface area is 112 Å². The van der Waals surface area contributed by atoms with Gasteiger partial charge in [0.05, 0.1) is 0 Å². The Morgan fingerprint density at radius 2 is 2.16 bits per heavy atom. The summed E-state index contributed by atoms with van der Waals surface area (Å²) in [6, 6.07) is 1.31. The minimum absolute atomic E-state index is 0.0224. The summed E-state index contributed by atoms with van der Waals surface area (Å²) in [5.74, 6) is -1.13. The number of aryl methyl sites for hydroxylation is 1. The summed E-state index contributed by atoms with van der Waals surface area (Å²) in [5.41, 5.74) is -0.0224. The van der Waals surface area contributed by atoms with Crippen LogP contribution in [0.1, 0.15) is 36.7 Å². The van der Waals surface area contributed by atoms with Gasteiger partial charge in [0.2, 0.25) is 10.0 Å². The lowest BCUT2D eigenvalue weighted by Crippen LogP contribution is -2.33. The minimum Gasteiger partial charge on any atom is -0.477 e. The van der Waals surface area contributed by atoms with Gasteiger partial charge >= 0.3 is 5.97 Å². The molecule has 2 rings (SSSR count). The van der Waals surface area contributed by atoms with Crippen LogP contribution in [0, 0.1) is 0 Å². The van der Waals surface area contributed by atoms with Crippen LogP contribution >= 0.6 is 0 Å². The molecule has 106 valence electrons. The molecule has 0 aromatic carbocycles. The zero-order chi connectivity index (χ0) is 14.2. The first-order valence-corrected chi connectivity index (χ1v) is 7.73. The number of carboxylic acid groups (broad SMARTS) is 1. The zero-order valence-electron chi connectivity index (χ0n) is 11.0. The summed E-state index contributed by atoms with van der Waals surface area (Å²) in [6.45, 7) is 2.41. The third-order valence-corrected chi connectivity index (χ3v) is 5.12. The van der Waals surface area contributed by atoms with E-state index in [1.54, 1.807) is 0 Å². The van der Waals surface area contributed by atoms with Crippen molar-refractivity contribution >= 4 is 16.0 Å². The summed E-state index contributed by atoms with van der Waals surface area (Å²) >= 11 is 0. The van der Waals surface area contributed by atoms with E-state index in [4.69, 9.17) is 5.11 Å². The quantitative estimate of drug-likeness (QED) is 0.854. The van der Waals surface area contributed by atoms with Crippen molar-refractivity contribution in [1.29, 1.82) is 0 Å². The summed E-state index contributed by atoms with van der Waals surface area (Å²) in [5, 5.41) is 8.98. The van der Waals surface area contributed by atoms with Crippen molar-refractivity contribution in [2.45, 2.75) is 37.1 Å². The second kappa shape index (κ2) is 4.97. The van der Waals surface area contributed by atoms with Gasteiger partial charge in [0.15, 0.2) is 0 Å². The molecular weight excluding hydrogens is 268 g/mol. The van der Waals surface area contributed by atoms with E-state index in [1.807, 2.05) is 6.92 Å². The number of nitrogens with zero attached hydrogens (tertiary/aromatic N) is 2. The number of carboxylic acids is 1. The second-order valence-corrected chi connectivity index (χ2v) is 6.71.